The molecule has 0 saturated heterocycles. The Labute approximate surface area is 328 Å². The molecule has 54 heavy (non-hydrogen) atoms. The lowest BCUT2D eigenvalue weighted by molar-refractivity contribution is -0.134. The molecule has 15 heteroatoms. The largest absolute Gasteiger partial charge is 0.497 e. The zero-order chi connectivity index (χ0) is 39.2. The highest BCUT2D eigenvalue weighted by Crippen LogP contribution is 2.33. The Hall–Kier alpha value is -4.96. The van der Waals surface area contributed by atoms with Gasteiger partial charge in [0.05, 0.1) is 41.2 Å². The van der Waals surface area contributed by atoms with Crippen molar-refractivity contribution in [2.45, 2.75) is 26.7 Å². The smallest absolute Gasteiger partial charge is 0.313 e. The molecule has 11 nitrogen and oxygen atoms in total. The maximum Gasteiger partial charge on any atom is 0.313 e. The van der Waals surface area contributed by atoms with Gasteiger partial charge in [0.1, 0.15) is 15.8 Å². The fraction of sp³-hybridized carbons (Fsp3) is 0.231. The number of ether oxygens (including phenoxy) is 1. The van der Waals surface area contributed by atoms with Gasteiger partial charge >= 0.3 is 11.9 Å². The van der Waals surface area contributed by atoms with Crippen molar-refractivity contribution < 1.29 is 43.7 Å². The van der Waals surface area contributed by atoms with E-state index in [1.807, 2.05) is 56.3 Å². The van der Waals surface area contributed by atoms with Crippen LogP contribution in [0.2, 0.25) is 0 Å². The van der Waals surface area contributed by atoms with Crippen molar-refractivity contribution in [3.05, 3.63) is 111 Å². The molecule has 0 aliphatic rings. The normalized spacial score (nSPS) is 10.6. The van der Waals surface area contributed by atoms with E-state index in [4.69, 9.17) is 14.9 Å². The number of carboxylic acids is 2. The van der Waals surface area contributed by atoms with Gasteiger partial charge in [-0.2, -0.15) is 0 Å². The van der Waals surface area contributed by atoms with Gasteiger partial charge < -0.3 is 25.6 Å². The van der Waals surface area contributed by atoms with Gasteiger partial charge in [-0.3, -0.25) is 28.8 Å². The van der Waals surface area contributed by atoms with Crippen molar-refractivity contribution in [3.8, 4) is 5.75 Å². The molecule has 3 aromatic carbocycles. The molecule has 5 aromatic rings. The van der Waals surface area contributed by atoms with Gasteiger partial charge in [0.2, 0.25) is 11.8 Å². The molecule has 0 fully saturated rings. The Kier molecular flexibility index (Phi) is 15.9. The summed E-state index contributed by atoms with van der Waals surface area (Å²) in [4.78, 5) is 73.2. The second-order valence-electron chi connectivity index (χ2n) is 11.4. The summed E-state index contributed by atoms with van der Waals surface area (Å²) >= 11 is 4.76. The molecule has 0 atom stereocenters. The molecule has 0 spiro atoms. The summed E-state index contributed by atoms with van der Waals surface area (Å²) in [6.07, 6.45) is 1.50. The first-order valence-electron chi connectivity index (χ1n) is 16.6. The topological polar surface area (TPSA) is 176 Å². The number of aryl methyl sites for hydroxylation is 2. The highest BCUT2D eigenvalue weighted by Gasteiger charge is 2.21. The van der Waals surface area contributed by atoms with Gasteiger partial charge in [-0.25, -0.2) is 0 Å². The van der Waals surface area contributed by atoms with Crippen LogP contribution in [0.3, 0.4) is 0 Å². The molecule has 0 aliphatic heterocycles. The van der Waals surface area contributed by atoms with Crippen LogP contribution in [-0.4, -0.2) is 75.7 Å². The van der Waals surface area contributed by atoms with Crippen LogP contribution in [0.5, 0.6) is 5.75 Å². The van der Waals surface area contributed by atoms with Crippen LogP contribution < -0.4 is 15.4 Å². The molecule has 2 amide bonds. The third-order valence-electron chi connectivity index (χ3n) is 7.52. The first-order valence-corrected chi connectivity index (χ1v) is 20.5. The van der Waals surface area contributed by atoms with Crippen LogP contribution in [0.15, 0.2) is 78.9 Å². The lowest BCUT2D eigenvalue weighted by Crippen LogP contribution is -2.16. The molecule has 282 valence electrons. The molecular formula is C39H38N2O9S4. The van der Waals surface area contributed by atoms with E-state index in [0.717, 1.165) is 56.9 Å². The Bertz CT molecular complexity index is 2160. The predicted molar refractivity (Wildman–Crippen MR) is 218 cm³/mol. The average Bonchev–Trinajstić information content (AvgIpc) is 3.77. The maximum atomic E-state index is 13.1. The van der Waals surface area contributed by atoms with Crippen LogP contribution in [-0.2, 0) is 32.0 Å². The monoisotopic (exact) mass is 806 g/mol. The molecule has 0 aliphatic carbocycles. The molecule has 0 unspecified atom stereocenters. The van der Waals surface area contributed by atoms with E-state index in [-0.39, 0.29) is 46.4 Å². The fourth-order valence-electron chi connectivity index (χ4n) is 4.95. The van der Waals surface area contributed by atoms with Crippen LogP contribution >= 0.6 is 46.2 Å². The Morgan fingerprint density at radius 3 is 1.59 bits per heavy atom. The number of anilines is 2. The van der Waals surface area contributed by atoms with Gasteiger partial charge in [-0.1, -0.05) is 62.4 Å². The number of fused-ring (bicyclic) bond motifs is 1. The number of carboxylic acid groups (broad SMARTS) is 2. The number of methoxy groups -OCH3 is 1. The number of carbonyl (C=O) groups excluding carboxylic acids is 4. The third kappa shape index (κ3) is 12.0. The molecule has 0 radical (unpaired) electrons. The van der Waals surface area contributed by atoms with Crippen molar-refractivity contribution in [2.24, 2.45) is 0 Å². The number of benzene rings is 3. The first kappa shape index (κ1) is 41.8. The fourth-order valence-corrected chi connectivity index (χ4v) is 8.04. The number of hydrogen-bond acceptors (Lipinski definition) is 11. The summed E-state index contributed by atoms with van der Waals surface area (Å²) in [5.41, 5.74) is 1.93. The van der Waals surface area contributed by atoms with Crippen molar-refractivity contribution >= 4 is 102 Å². The lowest BCUT2D eigenvalue weighted by atomic mass is 10.0. The van der Waals surface area contributed by atoms with Gasteiger partial charge in [-0.05, 0) is 53.9 Å². The van der Waals surface area contributed by atoms with Gasteiger partial charge in [0.15, 0.2) is 11.6 Å². The maximum absolute atomic E-state index is 13.1. The van der Waals surface area contributed by atoms with E-state index >= 15 is 0 Å². The SMILES string of the molecule is CCc1cc(C(=O)c2ccc3ccccc3c2)c(NC(=O)CSCC(=O)O)s1.CCc1cc(C(=O)c2cccc(OC)c2)c(NC(=O)CSCC(=O)O)s1. The molecule has 4 N–H and O–H groups in total. The molecule has 0 saturated carbocycles. The van der Waals surface area contributed by atoms with E-state index in [1.54, 1.807) is 36.4 Å². The molecule has 5 rings (SSSR count). The van der Waals surface area contributed by atoms with Crippen molar-refractivity contribution in [1.29, 1.82) is 0 Å². The van der Waals surface area contributed by atoms with Crippen LogP contribution in [0.25, 0.3) is 10.8 Å². The zero-order valence-electron chi connectivity index (χ0n) is 29.6. The summed E-state index contributed by atoms with van der Waals surface area (Å²) in [6, 6.07) is 23.8. The van der Waals surface area contributed by atoms with Gasteiger partial charge in [0.25, 0.3) is 0 Å². The third-order valence-corrected chi connectivity index (χ3v) is 11.7. The second-order valence-corrected chi connectivity index (χ2v) is 15.7. The number of nitrogens with one attached hydrogen (secondary N) is 2. The highest BCUT2D eigenvalue weighted by atomic mass is 32.2. The van der Waals surface area contributed by atoms with Crippen LogP contribution in [0, 0.1) is 0 Å². The minimum absolute atomic E-state index is 0.0123. The van der Waals surface area contributed by atoms with Gasteiger partial charge in [-0.15, -0.1) is 46.2 Å². The van der Waals surface area contributed by atoms with Crippen LogP contribution in [0.1, 0.15) is 55.4 Å². The summed E-state index contributed by atoms with van der Waals surface area (Å²) in [7, 11) is 1.53. The first-order chi connectivity index (χ1) is 25.9. The van der Waals surface area contributed by atoms with E-state index in [9.17, 15) is 28.8 Å². The van der Waals surface area contributed by atoms with E-state index in [1.165, 1.54) is 29.8 Å². The summed E-state index contributed by atoms with van der Waals surface area (Å²) in [6.45, 7) is 3.96. The Balaban J connectivity index is 0.000000241. The molecule has 0 bridgehead atoms. The summed E-state index contributed by atoms with van der Waals surface area (Å²) < 4.78 is 5.16. The highest BCUT2D eigenvalue weighted by molar-refractivity contribution is 8.00. The van der Waals surface area contributed by atoms with Crippen LogP contribution in [0.4, 0.5) is 10.0 Å². The number of hydrogen-bond donors (Lipinski definition) is 4. The molecule has 2 heterocycles. The number of amides is 2. The number of carbonyl (C=O) groups is 6. The summed E-state index contributed by atoms with van der Waals surface area (Å²) in [5.74, 6) is -2.59. The van der Waals surface area contributed by atoms with Crippen molar-refractivity contribution in [1.82, 2.24) is 0 Å². The van der Waals surface area contributed by atoms with Gasteiger partial charge in [0, 0.05) is 20.9 Å². The van der Waals surface area contributed by atoms with Crippen molar-refractivity contribution in [2.75, 3.05) is 40.8 Å². The standard InChI is InChI=1S/C21H19NO4S2.C18H19NO5S2/c1-2-16-10-17(21(28-16)22-18(23)11-27-12-19(24)25)20(26)15-8-7-13-5-3-4-6-14(13)9-15;1-3-13-8-14(17(23)11-5-4-6-12(7-11)24-2)18(26-13)19-15(20)9-25-10-16(21)22/h3-10H,2,11-12H2,1H3,(H,22,23)(H,24,25);4-8H,3,9-10H2,1-2H3,(H,19,20)(H,21,22). The zero-order valence-corrected chi connectivity index (χ0v) is 32.9. The Morgan fingerprint density at radius 2 is 1.11 bits per heavy atom. The predicted octanol–water partition coefficient (Wildman–Crippen LogP) is 7.76. The lowest BCUT2D eigenvalue weighted by Gasteiger charge is -2.07. The minimum Gasteiger partial charge on any atom is -0.497 e. The summed E-state index contributed by atoms with van der Waals surface area (Å²) in [5, 5.41) is 25.8. The van der Waals surface area contributed by atoms with E-state index in [0.29, 0.717) is 38.0 Å². The minimum atomic E-state index is -0.971. The van der Waals surface area contributed by atoms with E-state index < -0.39 is 11.9 Å². The van der Waals surface area contributed by atoms with E-state index in [2.05, 4.69) is 10.6 Å². The number of thioether (sulfide) groups is 2. The molecular weight excluding hydrogens is 769 g/mol. The molecule has 2 aromatic heterocycles. The number of rotatable bonds is 17. The van der Waals surface area contributed by atoms with Crippen molar-refractivity contribution in [3.63, 3.8) is 0 Å². The average molecular weight is 807 g/mol. The quantitative estimate of drug-likeness (QED) is 0.0676. The number of ketones is 2. The number of thiophene rings is 2. The second kappa shape index (κ2) is 20.5. The Morgan fingerprint density at radius 1 is 0.611 bits per heavy atom. The number of aliphatic carboxylic acids is 2.